The molecule has 6 heteroatoms. The van der Waals surface area contributed by atoms with Crippen LogP contribution in [-0.4, -0.2) is 27.3 Å². The number of hydrogen-bond acceptors (Lipinski definition) is 5. The molecule has 1 unspecified atom stereocenters. The number of nitrogens with zero attached hydrogens (tertiary/aromatic N) is 4. The highest BCUT2D eigenvalue weighted by molar-refractivity contribution is 5.64. The lowest BCUT2D eigenvalue weighted by Crippen LogP contribution is -2.07. The molecule has 6 nitrogen and oxygen atoms in total. The van der Waals surface area contributed by atoms with Crippen LogP contribution in [0.25, 0.3) is 11.4 Å². The quantitative estimate of drug-likeness (QED) is 0.862. The highest BCUT2D eigenvalue weighted by Crippen LogP contribution is 2.52. The molecule has 1 fully saturated rings. The molecule has 1 atom stereocenters. The number of benzene rings is 1. The van der Waals surface area contributed by atoms with Gasteiger partial charge in [-0.3, -0.25) is 0 Å². The Hall–Kier alpha value is -2.11. The SMILES string of the molecule is COc1cc(N)cc(-c2nnnn2CC2CC2(C)C)c1. The molecule has 3 rings (SSSR count). The third-order valence-corrected chi connectivity index (χ3v) is 4.07. The second kappa shape index (κ2) is 4.47. The van der Waals surface area contributed by atoms with E-state index in [-0.39, 0.29) is 0 Å². The fraction of sp³-hybridized carbons (Fsp3) is 0.500. The summed E-state index contributed by atoms with van der Waals surface area (Å²) in [5, 5.41) is 12.0. The Bertz CT molecular complexity index is 634. The number of methoxy groups -OCH3 is 1. The molecule has 0 amide bonds. The van der Waals surface area contributed by atoms with Crippen LogP contribution in [0.15, 0.2) is 18.2 Å². The molecular formula is C14H19N5O. The molecule has 0 aliphatic heterocycles. The van der Waals surface area contributed by atoms with Gasteiger partial charge in [0, 0.05) is 23.9 Å². The van der Waals surface area contributed by atoms with Gasteiger partial charge in [0.05, 0.1) is 7.11 Å². The number of rotatable bonds is 4. The van der Waals surface area contributed by atoms with Gasteiger partial charge in [0.1, 0.15) is 5.75 Å². The summed E-state index contributed by atoms with van der Waals surface area (Å²) >= 11 is 0. The van der Waals surface area contributed by atoms with E-state index in [1.54, 1.807) is 13.2 Å². The number of hydrogen-bond donors (Lipinski definition) is 1. The van der Waals surface area contributed by atoms with Gasteiger partial charge in [0.2, 0.25) is 0 Å². The molecule has 1 aliphatic carbocycles. The fourth-order valence-electron chi connectivity index (χ4n) is 2.50. The largest absolute Gasteiger partial charge is 0.497 e. The number of nitrogens with two attached hydrogens (primary N) is 1. The smallest absolute Gasteiger partial charge is 0.182 e. The third kappa shape index (κ3) is 2.33. The second-order valence-corrected chi connectivity index (χ2v) is 6.07. The maximum absolute atomic E-state index is 5.89. The van der Waals surface area contributed by atoms with Gasteiger partial charge in [-0.05, 0) is 40.3 Å². The predicted octanol–water partition coefficient (Wildman–Crippen LogP) is 1.98. The van der Waals surface area contributed by atoms with Crippen LogP contribution in [0.3, 0.4) is 0 Å². The molecule has 106 valence electrons. The van der Waals surface area contributed by atoms with E-state index < -0.39 is 0 Å². The number of anilines is 1. The first-order chi connectivity index (χ1) is 9.49. The van der Waals surface area contributed by atoms with Crippen molar-refractivity contribution in [2.45, 2.75) is 26.8 Å². The van der Waals surface area contributed by atoms with Crippen LogP contribution in [0.4, 0.5) is 5.69 Å². The van der Waals surface area contributed by atoms with Crippen LogP contribution in [0, 0.1) is 11.3 Å². The van der Waals surface area contributed by atoms with Crippen molar-refractivity contribution in [1.82, 2.24) is 20.2 Å². The van der Waals surface area contributed by atoms with Crippen molar-refractivity contribution in [3.05, 3.63) is 18.2 Å². The fourth-order valence-corrected chi connectivity index (χ4v) is 2.50. The average molecular weight is 273 g/mol. The van der Waals surface area contributed by atoms with E-state index in [1.807, 2.05) is 16.8 Å². The molecule has 0 saturated heterocycles. The molecule has 0 bridgehead atoms. The predicted molar refractivity (Wildman–Crippen MR) is 76.1 cm³/mol. The minimum Gasteiger partial charge on any atom is -0.497 e. The van der Waals surface area contributed by atoms with Gasteiger partial charge in [-0.25, -0.2) is 4.68 Å². The highest BCUT2D eigenvalue weighted by Gasteiger charge is 2.46. The highest BCUT2D eigenvalue weighted by atomic mass is 16.5. The monoisotopic (exact) mass is 273 g/mol. The van der Waals surface area contributed by atoms with Gasteiger partial charge in [-0.1, -0.05) is 13.8 Å². The summed E-state index contributed by atoms with van der Waals surface area (Å²) in [5.74, 6) is 2.08. The first-order valence-corrected chi connectivity index (χ1v) is 6.71. The summed E-state index contributed by atoms with van der Waals surface area (Å²) < 4.78 is 7.10. The Balaban J connectivity index is 1.91. The Morgan fingerprint density at radius 2 is 2.15 bits per heavy atom. The Kier molecular flexibility index (Phi) is 2.88. The molecule has 0 radical (unpaired) electrons. The standard InChI is InChI=1S/C14H19N5O/c1-14(2)7-10(14)8-19-13(16-17-18-19)9-4-11(15)6-12(5-9)20-3/h4-6,10H,7-8,15H2,1-3H3. The first kappa shape index (κ1) is 12.9. The zero-order valence-electron chi connectivity index (χ0n) is 12.0. The van der Waals surface area contributed by atoms with Crippen molar-refractivity contribution in [3.8, 4) is 17.1 Å². The van der Waals surface area contributed by atoms with E-state index in [0.29, 0.717) is 22.8 Å². The van der Waals surface area contributed by atoms with Crippen molar-refractivity contribution >= 4 is 5.69 Å². The van der Waals surface area contributed by atoms with Gasteiger partial charge >= 0.3 is 0 Å². The summed E-state index contributed by atoms with van der Waals surface area (Å²) in [6.07, 6.45) is 1.21. The molecule has 2 aromatic rings. The van der Waals surface area contributed by atoms with Crippen molar-refractivity contribution < 1.29 is 4.74 Å². The Morgan fingerprint density at radius 3 is 2.80 bits per heavy atom. The van der Waals surface area contributed by atoms with Crippen molar-refractivity contribution in [3.63, 3.8) is 0 Å². The van der Waals surface area contributed by atoms with E-state index in [9.17, 15) is 0 Å². The molecule has 1 aromatic carbocycles. The number of ether oxygens (including phenoxy) is 1. The molecule has 1 aromatic heterocycles. The molecule has 2 N–H and O–H groups in total. The van der Waals surface area contributed by atoms with Gasteiger partial charge in [-0.15, -0.1) is 5.10 Å². The molecular weight excluding hydrogens is 254 g/mol. The maximum atomic E-state index is 5.89. The number of nitrogen functional groups attached to an aromatic ring is 1. The van der Waals surface area contributed by atoms with E-state index in [1.165, 1.54) is 6.42 Å². The minimum atomic E-state index is 0.399. The molecule has 1 aliphatic rings. The van der Waals surface area contributed by atoms with Crippen LogP contribution >= 0.6 is 0 Å². The van der Waals surface area contributed by atoms with Crippen molar-refractivity contribution in [1.29, 1.82) is 0 Å². The number of aromatic nitrogens is 4. The third-order valence-electron chi connectivity index (χ3n) is 4.07. The van der Waals surface area contributed by atoms with Crippen molar-refractivity contribution in [2.75, 3.05) is 12.8 Å². The molecule has 0 spiro atoms. The Labute approximate surface area is 117 Å². The molecule has 20 heavy (non-hydrogen) atoms. The second-order valence-electron chi connectivity index (χ2n) is 6.07. The number of tetrazole rings is 1. The van der Waals surface area contributed by atoms with Crippen LogP contribution in [0.5, 0.6) is 5.75 Å². The zero-order valence-corrected chi connectivity index (χ0v) is 12.0. The zero-order chi connectivity index (χ0) is 14.3. The summed E-state index contributed by atoms with van der Waals surface area (Å²) in [6.45, 7) is 5.38. The summed E-state index contributed by atoms with van der Waals surface area (Å²) in [5.41, 5.74) is 7.81. The lowest BCUT2D eigenvalue weighted by atomic mass is 10.1. The van der Waals surface area contributed by atoms with Gasteiger partial charge in [-0.2, -0.15) is 0 Å². The van der Waals surface area contributed by atoms with Crippen LogP contribution in [0.2, 0.25) is 0 Å². The maximum Gasteiger partial charge on any atom is 0.182 e. The van der Waals surface area contributed by atoms with Crippen LogP contribution in [-0.2, 0) is 6.54 Å². The Morgan fingerprint density at radius 1 is 1.40 bits per heavy atom. The van der Waals surface area contributed by atoms with Gasteiger partial charge < -0.3 is 10.5 Å². The minimum absolute atomic E-state index is 0.399. The summed E-state index contributed by atoms with van der Waals surface area (Å²) in [6, 6.07) is 5.54. The summed E-state index contributed by atoms with van der Waals surface area (Å²) in [7, 11) is 1.62. The lowest BCUT2D eigenvalue weighted by Gasteiger charge is -2.08. The van der Waals surface area contributed by atoms with Gasteiger partial charge in [0.25, 0.3) is 0 Å². The topological polar surface area (TPSA) is 78.8 Å². The van der Waals surface area contributed by atoms with E-state index in [2.05, 4.69) is 29.4 Å². The van der Waals surface area contributed by atoms with E-state index >= 15 is 0 Å². The average Bonchev–Trinajstić information content (AvgIpc) is 2.81. The van der Waals surface area contributed by atoms with Gasteiger partial charge in [0.15, 0.2) is 5.82 Å². The first-order valence-electron chi connectivity index (χ1n) is 6.71. The van der Waals surface area contributed by atoms with Crippen molar-refractivity contribution in [2.24, 2.45) is 11.3 Å². The normalized spacial score (nSPS) is 19.9. The van der Waals surface area contributed by atoms with Crippen LogP contribution in [0.1, 0.15) is 20.3 Å². The lowest BCUT2D eigenvalue weighted by molar-refractivity contribution is 0.415. The van der Waals surface area contributed by atoms with E-state index in [4.69, 9.17) is 10.5 Å². The van der Waals surface area contributed by atoms with E-state index in [0.717, 1.165) is 17.9 Å². The molecule has 1 heterocycles. The summed E-state index contributed by atoms with van der Waals surface area (Å²) in [4.78, 5) is 0. The van der Waals surface area contributed by atoms with Crippen LogP contribution < -0.4 is 10.5 Å². The molecule has 1 saturated carbocycles.